The highest BCUT2D eigenvalue weighted by Crippen LogP contribution is 2.37. The fraction of sp³-hybridized carbons (Fsp3) is 0.231. The van der Waals surface area contributed by atoms with Crippen LogP contribution in [0.2, 0.25) is 0 Å². The number of hydrogen-bond donors (Lipinski definition) is 0. The molecule has 0 atom stereocenters. The second-order valence-electron chi connectivity index (χ2n) is 3.47. The van der Waals surface area contributed by atoms with Gasteiger partial charge in [0, 0.05) is 19.3 Å². The Morgan fingerprint density at radius 2 is 1.75 bits per heavy atom. The molecular weight excluding hydrogens is 202 g/mol. The molecule has 3 heteroatoms. The molecule has 0 bridgehead atoms. The molecule has 0 aliphatic heterocycles. The summed E-state index contributed by atoms with van der Waals surface area (Å²) in [5.74, 6) is 1.60. The molecule has 1 aromatic heterocycles. The first kappa shape index (κ1) is 10.6. The highest BCUT2D eigenvalue weighted by Gasteiger charge is 2.13. The van der Waals surface area contributed by atoms with Gasteiger partial charge < -0.3 is 14.0 Å². The molecule has 0 amide bonds. The van der Waals surface area contributed by atoms with Crippen LogP contribution in [0.1, 0.15) is 0 Å². The summed E-state index contributed by atoms with van der Waals surface area (Å²) in [7, 11) is 5.29. The fourth-order valence-electron chi connectivity index (χ4n) is 1.75. The van der Waals surface area contributed by atoms with Gasteiger partial charge in [-0.3, -0.25) is 0 Å². The van der Waals surface area contributed by atoms with Crippen LogP contribution in [0.25, 0.3) is 11.3 Å². The van der Waals surface area contributed by atoms with Crippen molar-refractivity contribution in [1.29, 1.82) is 0 Å². The van der Waals surface area contributed by atoms with Crippen molar-refractivity contribution in [2.75, 3.05) is 14.2 Å². The summed E-state index contributed by atoms with van der Waals surface area (Å²) < 4.78 is 12.7. The summed E-state index contributed by atoms with van der Waals surface area (Å²) in [6, 6.07) is 10.7. The van der Waals surface area contributed by atoms with Crippen LogP contribution < -0.4 is 9.47 Å². The van der Waals surface area contributed by atoms with Gasteiger partial charge in [0.2, 0.25) is 0 Å². The third kappa shape index (κ3) is 1.65. The zero-order valence-corrected chi connectivity index (χ0v) is 9.65. The first-order valence-corrected chi connectivity index (χ1v) is 5.01. The van der Waals surface area contributed by atoms with E-state index in [9.17, 15) is 0 Å². The maximum atomic E-state index is 5.36. The summed E-state index contributed by atoms with van der Waals surface area (Å²) >= 11 is 0. The lowest BCUT2D eigenvalue weighted by Gasteiger charge is -2.13. The average Bonchev–Trinajstić information content (AvgIpc) is 2.74. The van der Waals surface area contributed by atoms with Crippen LogP contribution in [-0.2, 0) is 7.05 Å². The minimum atomic E-state index is 0.801. The van der Waals surface area contributed by atoms with E-state index >= 15 is 0 Å². The second kappa shape index (κ2) is 4.31. The van der Waals surface area contributed by atoms with Gasteiger partial charge in [-0.2, -0.15) is 0 Å². The Morgan fingerprint density at radius 3 is 2.19 bits per heavy atom. The lowest BCUT2D eigenvalue weighted by molar-refractivity contribution is 0.397. The molecule has 3 nitrogen and oxygen atoms in total. The lowest BCUT2D eigenvalue weighted by Crippen LogP contribution is -1.96. The molecule has 0 N–H and O–H groups in total. The highest BCUT2D eigenvalue weighted by atomic mass is 16.5. The van der Waals surface area contributed by atoms with Crippen molar-refractivity contribution < 1.29 is 9.47 Å². The molecule has 0 spiro atoms. The van der Waals surface area contributed by atoms with Crippen molar-refractivity contribution in [3.05, 3.63) is 36.5 Å². The van der Waals surface area contributed by atoms with Crippen molar-refractivity contribution in [3.8, 4) is 22.8 Å². The van der Waals surface area contributed by atoms with Crippen LogP contribution in [-0.4, -0.2) is 18.8 Å². The highest BCUT2D eigenvalue weighted by molar-refractivity contribution is 5.74. The zero-order chi connectivity index (χ0) is 11.5. The molecule has 0 fully saturated rings. The number of rotatable bonds is 3. The Balaban J connectivity index is 2.66. The maximum Gasteiger partial charge on any atom is 0.131 e. The molecule has 16 heavy (non-hydrogen) atoms. The lowest BCUT2D eigenvalue weighted by atomic mass is 10.1. The molecule has 1 heterocycles. The predicted molar refractivity (Wildman–Crippen MR) is 62.8 cm³/mol. The van der Waals surface area contributed by atoms with Gasteiger partial charge in [-0.25, -0.2) is 0 Å². The van der Waals surface area contributed by atoms with Crippen LogP contribution in [0.5, 0.6) is 11.5 Å². The van der Waals surface area contributed by atoms with Gasteiger partial charge in [0.05, 0.1) is 25.5 Å². The standard InChI is InChI=1S/C13H14NO2/c1-14-9-5-6-10(14)13-11(15-2)7-4-8-12(13)16-3/h4,6-9H,1-3H3. The molecule has 1 radical (unpaired) electrons. The van der Waals surface area contributed by atoms with Crippen LogP contribution in [0.4, 0.5) is 0 Å². The van der Waals surface area contributed by atoms with Crippen LogP contribution in [0, 0.1) is 6.07 Å². The summed E-state index contributed by atoms with van der Waals surface area (Å²) in [4.78, 5) is 0. The monoisotopic (exact) mass is 216 g/mol. The summed E-state index contributed by atoms with van der Waals surface area (Å²) in [6.07, 6.45) is 1.88. The SMILES string of the molecule is COc1cccc(OC)c1-c1c[c]cn1C. The van der Waals surface area contributed by atoms with E-state index in [4.69, 9.17) is 9.47 Å². The fourth-order valence-corrected chi connectivity index (χ4v) is 1.75. The minimum absolute atomic E-state index is 0.801. The Bertz CT molecular complexity index is 466. The molecular formula is C13H14NO2. The van der Waals surface area contributed by atoms with Crippen molar-refractivity contribution in [2.45, 2.75) is 0 Å². The smallest absolute Gasteiger partial charge is 0.131 e. The number of nitrogens with zero attached hydrogens (tertiary/aromatic N) is 1. The number of ether oxygens (including phenoxy) is 2. The molecule has 0 saturated heterocycles. The van der Waals surface area contributed by atoms with Crippen LogP contribution >= 0.6 is 0 Å². The van der Waals surface area contributed by atoms with E-state index in [-0.39, 0.29) is 0 Å². The van der Waals surface area contributed by atoms with Gasteiger partial charge in [0.1, 0.15) is 11.5 Å². The number of benzene rings is 1. The van der Waals surface area contributed by atoms with Crippen molar-refractivity contribution in [1.82, 2.24) is 4.57 Å². The second-order valence-corrected chi connectivity index (χ2v) is 3.47. The largest absolute Gasteiger partial charge is 0.496 e. The normalized spacial score (nSPS) is 10.2. The zero-order valence-electron chi connectivity index (χ0n) is 9.65. The molecule has 0 aliphatic carbocycles. The van der Waals surface area contributed by atoms with Crippen LogP contribution in [0.3, 0.4) is 0 Å². The molecule has 0 aliphatic rings. The van der Waals surface area contributed by atoms with E-state index in [0.29, 0.717) is 0 Å². The van der Waals surface area contributed by atoms with Gasteiger partial charge in [0.15, 0.2) is 0 Å². The van der Waals surface area contributed by atoms with Gasteiger partial charge >= 0.3 is 0 Å². The predicted octanol–water partition coefficient (Wildman–Crippen LogP) is 2.51. The quantitative estimate of drug-likeness (QED) is 0.787. The Morgan fingerprint density at radius 1 is 1.12 bits per heavy atom. The van der Waals surface area contributed by atoms with Gasteiger partial charge in [0.25, 0.3) is 0 Å². The summed E-state index contributed by atoms with van der Waals surface area (Å²) in [5, 5.41) is 0. The van der Waals surface area contributed by atoms with E-state index in [0.717, 1.165) is 22.8 Å². The number of hydrogen-bond acceptors (Lipinski definition) is 2. The number of aromatic nitrogens is 1. The summed E-state index contributed by atoms with van der Waals surface area (Å²) in [6.45, 7) is 0. The van der Waals surface area contributed by atoms with Crippen LogP contribution in [0.15, 0.2) is 30.5 Å². The van der Waals surface area contributed by atoms with E-state index in [1.807, 2.05) is 42.1 Å². The van der Waals surface area contributed by atoms with E-state index < -0.39 is 0 Å². The van der Waals surface area contributed by atoms with Gasteiger partial charge in [-0.05, 0) is 18.2 Å². The van der Waals surface area contributed by atoms with Crippen molar-refractivity contribution in [2.24, 2.45) is 7.05 Å². The molecule has 1 aromatic carbocycles. The van der Waals surface area contributed by atoms with Gasteiger partial charge in [-0.1, -0.05) is 6.07 Å². The Labute approximate surface area is 95.2 Å². The van der Waals surface area contributed by atoms with E-state index in [1.54, 1.807) is 14.2 Å². The third-order valence-electron chi connectivity index (χ3n) is 2.55. The Kier molecular flexibility index (Phi) is 2.86. The maximum absolute atomic E-state index is 5.36. The van der Waals surface area contributed by atoms with E-state index in [2.05, 4.69) is 6.07 Å². The molecule has 2 rings (SSSR count). The van der Waals surface area contributed by atoms with Gasteiger partial charge in [-0.15, -0.1) is 0 Å². The first-order valence-electron chi connectivity index (χ1n) is 5.01. The van der Waals surface area contributed by atoms with Crippen molar-refractivity contribution in [3.63, 3.8) is 0 Å². The Hall–Kier alpha value is -1.90. The first-order chi connectivity index (χ1) is 7.77. The molecule has 2 aromatic rings. The van der Waals surface area contributed by atoms with E-state index in [1.165, 1.54) is 0 Å². The molecule has 0 saturated carbocycles. The number of aryl methyl sites for hydroxylation is 1. The number of methoxy groups -OCH3 is 2. The minimum Gasteiger partial charge on any atom is -0.496 e. The average molecular weight is 216 g/mol. The third-order valence-corrected chi connectivity index (χ3v) is 2.55. The summed E-state index contributed by atoms with van der Waals surface area (Å²) in [5.41, 5.74) is 1.98. The van der Waals surface area contributed by atoms with Crippen molar-refractivity contribution >= 4 is 0 Å². The molecule has 0 unspecified atom stereocenters. The topological polar surface area (TPSA) is 23.4 Å². The molecule has 83 valence electrons.